The van der Waals surface area contributed by atoms with E-state index in [0.29, 0.717) is 5.69 Å². The Bertz CT molecular complexity index is 620. The van der Waals surface area contributed by atoms with Crippen LogP contribution in [0, 0.1) is 6.92 Å². The maximum atomic E-state index is 10.8. The fourth-order valence-electron chi connectivity index (χ4n) is 2.34. The van der Waals surface area contributed by atoms with Crippen LogP contribution >= 0.6 is 0 Å². The minimum atomic E-state index is -4.61. The highest BCUT2D eigenvalue weighted by molar-refractivity contribution is 7.80. The van der Waals surface area contributed by atoms with Gasteiger partial charge in [0, 0.05) is 31.8 Å². The molecule has 2 rings (SSSR count). The number of nitrogen functional groups attached to an aromatic ring is 1. The van der Waals surface area contributed by atoms with Crippen molar-refractivity contribution in [2.45, 2.75) is 26.2 Å². The maximum absolute atomic E-state index is 10.8. The summed E-state index contributed by atoms with van der Waals surface area (Å²) in [4.78, 5) is 2.20. The van der Waals surface area contributed by atoms with Gasteiger partial charge in [-0.05, 0) is 24.0 Å². The third-order valence-electron chi connectivity index (χ3n) is 3.27. The molecule has 0 spiro atoms. The van der Waals surface area contributed by atoms with Gasteiger partial charge < -0.3 is 4.90 Å². The summed E-state index contributed by atoms with van der Waals surface area (Å²) in [6.07, 6.45) is 7.40. The monoisotopic (exact) mass is 314 g/mol. The van der Waals surface area contributed by atoms with Crippen LogP contribution in [-0.2, 0) is 10.4 Å². The average Bonchev–Trinajstić information content (AvgIpc) is 2.32. The van der Waals surface area contributed by atoms with Crippen molar-refractivity contribution in [3.8, 4) is 0 Å². The fraction of sp³-hybridized carbons (Fsp3) is 0.462. The predicted octanol–water partition coefficient (Wildman–Crippen LogP) is 0.643. The van der Waals surface area contributed by atoms with Crippen LogP contribution in [0.3, 0.4) is 0 Å². The molecule has 0 saturated carbocycles. The van der Waals surface area contributed by atoms with E-state index >= 15 is 0 Å². The number of pyridine rings is 1. The third kappa shape index (κ3) is 4.33. The van der Waals surface area contributed by atoms with Gasteiger partial charge in [-0.25, -0.2) is 0 Å². The molecular weight excluding hydrogens is 294 g/mol. The summed E-state index contributed by atoms with van der Waals surface area (Å²) in [5.41, 5.74) is 7.23. The molecule has 0 amide bonds. The highest BCUT2D eigenvalue weighted by atomic mass is 32.3. The molecule has 3 N–H and O–H groups in total. The van der Waals surface area contributed by atoms with Crippen molar-refractivity contribution in [3.05, 3.63) is 30.0 Å². The summed E-state index contributed by atoms with van der Waals surface area (Å²) in [5, 5.41) is 0. The maximum Gasteiger partial charge on any atom is 0.482 e. The summed E-state index contributed by atoms with van der Waals surface area (Å²) < 4.78 is 35.7. The number of rotatable bonds is 3. The highest BCUT2D eigenvalue weighted by Crippen LogP contribution is 2.19. The number of nitrogens with two attached hydrogens (primary N) is 1. The van der Waals surface area contributed by atoms with Gasteiger partial charge >= 0.3 is 16.2 Å². The molecule has 0 aromatic carbocycles. The van der Waals surface area contributed by atoms with Crippen molar-refractivity contribution in [1.29, 1.82) is 0 Å². The molecule has 0 aliphatic carbocycles. The molecular formula is C13H20N3O4S+. The lowest BCUT2D eigenvalue weighted by molar-refractivity contribution is -0.849. The van der Waals surface area contributed by atoms with Gasteiger partial charge in [-0.3, -0.25) is 10.3 Å². The quantitative estimate of drug-likeness (QED) is 0.483. The van der Waals surface area contributed by atoms with Crippen LogP contribution in [0.15, 0.2) is 24.3 Å². The van der Waals surface area contributed by atoms with E-state index in [9.17, 15) is 8.42 Å². The molecule has 0 fully saturated rings. The minimum absolute atomic E-state index is 0.111. The Morgan fingerprint density at radius 2 is 2.00 bits per heavy atom. The van der Waals surface area contributed by atoms with Crippen molar-refractivity contribution in [2.75, 3.05) is 23.7 Å². The average molecular weight is 314 g/mol. The van der Waals surface area contributed by atoms with Crippen molar-refractivity contribution >= 4 is 21.9 Å². The normalized spacial score (nSPS) is 16.4. The third-order valence-corrected chi connectivity index (χ3v) is 3.61. The second-order valence-electron chi connectivity index (χ2n) is 4.97. The zero-order valence-electron chi connectivity index (χ0n) is 11.9. The van der Waals surface area contributed by atoms with Crippen molar-refractivity contribution < 1.29 is 22.0 Å². The van der Waals surface area contributed by atoms with Gasteiger partial charge in [-0.1, -0.05) is 12.2 Å². The molecule has 8 heteroatoms. The summed E-state index contributed by atoms with van der Waals surface area (Å²) in [7, 11) is -4.61. The van der Waals surface area contributed by atoms with Crippen LogP contribution in [0.25, 0.3) is 0 Å². The lowest BCUT2D eigenvalue weighted by atomic mass is 10.2. The first-order valence-corrected chi connectivity index (χ1v) is 8.13. The number of allylic oxidation sites excluding steroid dienone is 1. The van der Waals surface area contributed by atoms with Gasteiger partial charge in [-0.2, -0.15) is 12.7 Å². The van der Waals surface area contributed by atoms with E-state index in [1.807, 2.05) is 0 Å². The van der Waals surface area contributed by atoms with Gasteiger partial charge in [0.15, 0.2) is 5.69 Å². The summed E-state index contributed by atoms with van der Waals surface area (Å²) in [5.74, 6) is 0.111. The van der Waals surface area contributed by atoms with Crippen molar-refractivity contribution in [3.63, 3.8) is 0 Å². The largest absolute Gasteiger partial charge is 0.482 e. The zero-order valence-corrected chi connectivity index (χ0v) is 12.7. The number of aryl methyl sites for hydroxylation is 1. The lowest BCUT2D eigenvalue weighted by Crippen LogP contribution is -2.50. The lowest BCUT2D eigenvalue weighted by Gasteiger charge is -2.25. The van der Waals surface area contributed by atoms with Gasteiger partial charge in [0.2, 0.25) is 0 Å². The second kappa shape index (κ2) is 6.31. The number of hydrogen-bond acceptors (Lipinski definition) is 5. The van der Waals surface area contributed by atoms with E-state index in [1.54, 1.807) is 19.1 Å². The van der Waals surface area contributed by atoms with Crippen molar-refractivity contribution in [2.24, 2.45) is 0 Å². The van der Waals surface area contributed by atoms with E-state index in [4.69, 9.17) is 10.3 Å². The topological polar surface area (TPSA) is 96.7 Å². The van der Waals surface area contributed by atoms with Crippen LogP contribution in [0.1, 0.15) is 25.0 Å². The Morgan fingerprint density at radius 3 is 2.67 bits per heavy atom. The Hall–Kier alpha value is -1.80. The standard InChI is InChI=1S/C13H19N3O4S/c1-11-9-12(15-7-5-3-2-4-6-8-15)10-13(14)16(11)20-21(17,18)19/h2-3,9-10,14H,4-8H2,1H3,(H,17,18,19)/p+1. The van der Waals surface area contributed by atoms with Crippen LogP contribution < -0.4 is 19.6 Å². The molecule has 2 heterocycles. The van der Waals surface area contributed by atoms with E-state index in [-0.39, 0.29) is 5.82 Å². The van der Waals surface area contributed by atoms with Crippen LogP contribution in [0.5, 0.6) is 0 Å². The fourth-order valence-corrected chi connectivity index (χ4v) is 2.73. The summed E-state index contributed by atoms with van der Waals surface area (Å²) in [6, 6.07) is 3.43. The summed E-state index contributed by atoms with van der Waals surface area (Å²) in [6.45, 7) is 3.44. The smallest absolute Gasteiger partial charge is 0.371 e. The van der Waals surface area contributed by atoms with Gasteiger partial charge in [0.05, 0.1) is 6.07 Å². The minimum Gasteiger partial charge on any atom is -0.371 e. The molecule has 0 saturated heterocycles. The molecule has 0 atom stereocenters. The van der Waals surface area contributed by atoms with E-state index in [1.165, 1.54) is 0 Å². The summed E-state index contributed by atoms with van der Waals surface area (Å²) >= 11 is 0. The van der Waals surface area contributed by atoms with Crippen LogP contribution in [0.2, 0.25) is 0 Å². The Balaban J connectivity index is 2.28. The molecule has 0 bridgehead atoms. The number of nitrogens with zero attached hydrogens (tertiary/aromatic N) is 2. The molecule has 1 aliphatic rings. The first-order chi connectivity index (χ1) is 9.87. The molecule has 0 unspecified atom stereocenters. The second-order valence-corrected chi connectivity index (χ2v) is 5.97. The predicted molar refractivity (Wildman–Crippen MR) is 79.1 cm³/mol. The Morgan fingerprint density at radius 1 is 1.29 bits per heavy atom. The first kappa shape index (κ1) is 15.6. The SMILES string of the molecule is Cc1cc(N2CCC=CCCC2)cc(N)[n+]1OS(=O)(=O)O. The van der Waals surface area contributed by atoms with Gasteiger partial charge in [0.25, 0.3) is 0 Å². The molecule has 21 heavy (non-hydrogen) atoms. The van der Waals surface area contributed by atoms with Gasteiger partial charge in [-0.15, -0.1) is 0 Å². The van der Waals surface area contributed by atoms with Crippen LogP contribution in [0.4, 0.5) is 11.5 Å². The van der Waals surface area contributed by atoms with E-state index in [2.05, 4.69) is 21.3 Å². The van der Waals surface area contributed by atoms with Crippen molar-refractivity contribution in [1.82, 2.24) is 0 Å². The molecule has 1 aromatic heterocycles. The molecule has 116 valence electrons. The zero-order chi connectivity index (χ0) is 15.5. The number of hydrogen-bond donors (Lipinski definition) is 2. The molecule has 7 nitrogen and oxygen atoms in total. The van der Waals surface area contributed by atoms with E-state index in [0.717, 1.165) is 42.8 Å². The van der Waals surface area contributed by atoms with Crippen LogP contribution in [-0.4, -0.2) is 26.1 Å². The first-order valence-electron chi connectivity index (χ1n) is 6.76. The van der Waals surface area contributed by atoms with E-state index < -0.39 is 10.4 Å². The molecule has 1 aliphatic heterocycles. The highest BCUT2D eigenvalue weighted by Gasteiger charge is 2.20. The molecule has 1 aromatic rings. The Kier molecular flexibility index (Phi) is 4.69. The van der Waals surface area contributed by atoms with Gasteiger partial charge in [0.1, 0.15) is 0 Å². The Labute approximate surface area is 124 Å². The molecule has 0 radical (unpaired) electrons. The number of aromatic nitrogens is 1. The number of anilines is 2.